The SMILES string of the molecule is CCc1ncnc2ccc(C#Cc3cc(OC)ccc3OC)cc12.[Ar]. The van der Waals surface area contributed by atoms with Crippen LogP contribution in [0.2, 0.25) is 0 Å². The Kier molecular flexibility index (Phi) is 7.07. The molecule has 0 radical (unpaired) electrons. The predicted octanol–water partition coefficient (Wildman–Crippen LogP) is 3.61. The molecule has 2 aromatic carbocycles. The number of aromatic nitrogens is 2. The first kappa shape index (κ1) is 19.5. The summed E-state index contributed by atoms with van der Waals surface area (Å²) in [5.41, 5.74) is 3.67. The van der Waals surface area contributed by atoms with Crippen LogP contribution in [0.3, 0.4) is 0 Å². The number of aryl methyl sites for hydroxylation is 1. The van der Waals surface area contributed by atoms with Gasteiger partial charge in [-0.05, 0) is 42.8 Å². The fourth-order valence-electron chi connectivity index (χ4n) is 2.52. The summed E-state index contributed by atoms with van der Waals surface area (Å²) in [5.74, 6) is 7.82. The summed E-state index contributed by atoms with van der Waals surface area (Å²) < 4.78 is 10.6. The van der Waals surface area contributed by atoms with Crippen LogP contribution in [-0.2, 0) is 6.42 Å². The van der Waals surface area contributed by atoms with Crippen LogP contribution in [0.1, 0.15) is 23.7 Å². The Bertz CT molecular complexity index is 945. The molecule has 128 valence electrons. The Morgan fingerprint density at radius 2 is 1.80 bits per heavy atom. The molecule has 1 heterocycles. The molecule has 3 aromatic rings. The minimum atomic E-state index is 0. The summed E-state index contributed by atoms with van der Waals surface area (Å²) in [6.07, 6.45) is 2.47. The molecule has 5 heteroatoms. The number of nitrogens with zero attached hydrogens (tertiary/aromatic N) is 2. The third kappa shape index (κ3) is 4.43. The molecule has 3 rings (SSSR count). The van der Waals surface area contributed by atoms with Crippen LogP contribution >= 0.6 is 0 Å². The third-order valence-electron chi connectivity index (χ3n) is 3.80. The molecule has 0 saturated heterocycles. The van der Waals surface area contributed by atoms with Crippen LogP contribution in [0, 0.1) is 49.6 Å². The summed E-state index contributed by atoms with van der Waals surface area (Å²) >= 11 is 0. The summed E-state index contributed by atoms with van der Waals surface area (Å²) in [6.45, 7) is 2.08. The van der Waals surface area contributed by atoms with E-state index in [9.17, 15) is 0 Å². The maximum atomic E-state index is 5.36. The molecular formula is C20H18ArN2O2. The van der Waals surface area contributed by atoms with Crippen molar-refractivity contribution < 1.29 is 47.2 Å². The van der Waals surface area contributed by atoms with Gasteiger partial charge >= 0.3 is 0 Å². The molecule has 0 N–H and O–H groups in total. The zero-order valence-corrected chi connectivity index (χ0v) is 15.0. The van der Waals surface area contributed by atoms with E-state index in [1.54, 1.807) is 20.5 Å². The first-order valence-corrected chi connectivity index (χ1v) is 7.73. The Hall–Kier alpha value is -1.80. The van der Waals surface area contributed by atoms with Crippen molar-refractivity contribution >= 4 is 10.9 Å². The zero-order chi connectivity index (χ0) is 16.9. The van der Waals surface area contributed by atoms with Gasteiger partial charge in [-0.1, -0.05) is 18.8 Å². The smallest absolute Gasteiger partial charge is 0.134 e. The second-order valence-corrected chi connectivity index (χ2v) is 5.22. The van der Waals surface area contributed by atoms with Crippen LogP contribution in [-0.4, -0.2) is 24.2 Å². The first-order chi connectivity index (χ1) is 11.7. The molecule has 0 unspecified atom stereocenters. The second-order valence-electron chi connectivity index (χ2n) is 5.22. The average Bonchev–Trinajstić information content (AvgIpc) is 2.65. The van der Waals surface area contributed by atoms with E-state index in [1.807, 2.05) is 36.4 Å². The molecular weight excluding hydrogens is 340 g/mol. The van der Waals surface area contributed by atoms with Crippen molar-refractivity contribution in [3.05, 3.63) is 59.5 Å². The quantitative estimate of drug-likeness (QED) is 0.671. The van der Waals surface area contributed by atoms with Crippen molar-refractivity contribution in [2.45, 2.75) is 13.3 Å². The van der Waals surface area contributed by atoms with Crippen LogP contribution in [0.4, 0.5) is 0 Å². The van der Waals surface area contributed by atoms with E-state index >= 15 is 0 Å². The topological polar surface area (TPSA) is 44.2 Å². The first-order valence-electron chi connectivity index (χ1n) is 7.73. The Balaban J connectivity index is 0.00000225. The molecule has 0 aliphatic carbocycles. The van der Waals surface area contributed by atoms with E-state index in [2.05, 4.69) is 28.7 Å². The van der Waals surface area contributed by atoms with Gasteiger partial charge < -0.3 is 9.47 Å². The molecule has 0 saturated carbocycles. The van der Waals surface area contributed by atoms with Crippen LogP contribution in [0.5, 0.6) is 11.5 Å². The maximum absolute atomic E-state index is 5.36. The minimum Gasteiger partial charge on any atom is -0.497 e. The van der Waals surface area contributed by atoms with E-state index in [-0.39, 0.29) is 37.7 Å². The molecule has 1 aromatic heterocycles. The third-order valence-corrected chi connectivity index (χ3v) is 3.80. The van der Waals surface area contributed by atoms with Crippen LogP contribution < -0.4 is 9.47 Å². The molecule has 0 atom stereocenters. The number of hydrogen-bond donors (Lipinski definition) is 0. The number of rotatable bonds is 3. The maximum Gasteiger partial charge on any atom is 0.134 e. The largest absolute Gasteiger partial charge is 0.497 e. The van der Waals surface area contributed by atoms with Crippen LogP contribution in [0.15, 0.2) is 42.7 Å². The summed E-state index contributed by atoms with van der Waals surface area (Å²) in [7, 11) is 3.27. The van der Waals surface area contributed by atoms with Gasteiger partial charge in [0, 0.05) is 48.7 Å². The fourth-order valence-corrected chi connectivity index (χ4v) is 2.52. The van der Waals surface area contributed by atoms with Gasteiger partial charge in [-0.15, -0.1) is 0 Å². The molecule has 25 heavy (non-hydrogen) atoms. The summed E-state index contributed by atoms with van der Waals surface area (Å²) in [4.78, 5) is 8.64. The molecule has 0 bridgehead atoms. The molecule has 0 aliphatic heterocycles. The minimum absolute atomic E-state index is 0. The summed E-state index contributed by atoms with van der Waals surface area (Å²) in [6, 6.07) is 11.6. The predicted molar refractivity (Wildman–Crippen MR) is 94.4 cm³/mol. The van der Waals surface area contributed by atoms with Gasteiger partial charge in [0.25, 0.3) is 0 Å². The van der Waals surface area contributed by atoms with Gasteiger partial charge in [0.15, 0.2) is 0 Å². The van der Waals surface area contributed by atoms with E-state index in [4.69, 9.17) is 9.47 Å². The van der Waals surface area contributed by atoms with Gasteiger partial charge in [0.05, 0.1) is 31.0 Å². The van der Waals surface area contributed by atoms with Gasteiger partial charge in [-0.3, -0.25) is 0 Å². The number of ether oxygens (including phenoxy) is 2. The average molecular weight is 358 g/mol. The second kappa shape index (κ2) is 9.05. The van der Waals surface area contributed by atoms with Gasteiger partial charge in [0.2, 0.25) is 0 Å². The Morgan fingerprint density at radius 1 is 0.960 bits per heavy atom. The Morgan fingerprint density at radius 3 is 2.52 bits per heavy atom. The van der Waals surface area contributed by atoms with Crippen molar-refractivity contribution in [2.24, 2.45) is 0 Å². The molecule has 4 nitrogen and oxygen atoms in total. The van der Waals surface area contributed by atoms with Crippen molar-refractivity contribution in [3.63, 3.8) is 0 Å². The van der Waals surface area contributed by atoms with Gasteiger partial charge in [-0.25, -0.2) is 9.97 Å². The van der Waals surface area contributed by atoms with E-state index in [0.717, 1.165) is 45.6 Å². The van der Waals surface area contributed by atoms with E-state index < -0.39 is 0 Å². The molecule has 0 amide bonds. The molecule has 0 fully saturated rings. The van der Waals surface area contributed by atoms with Gasteiger partial charge in [0.1, 0.15) is 17.8 Å². The molecule has 0 spiro atoms. The van der Waals surface area contributed by atoms with Crippen molar-refractivity contribution in [2.75, 3.05) is 14.2 Å². The van der Waals surface area contributed by atoms with Crippen molar-refractivity contribution in [1.29, 1.82) is 0 Å². The van der Waals surface area contributed by atoms with E-state index in [0.29, 0.717) is 0 Å². The van der Waals surface area contributed by atoms with Crippen molar-refractivity contribution in [1.82, 2.24) is 9.97 Å². The number of benzene rings is 2. The standard InChI is InChI=1S/C20H18N2O2.Ar/c1-4-18-17-11-14(6-9-19(17)22-13-21-18)5-7-15-12-16(23-2)8-10-20(15)24-3;/h6,8-13H,4H2,1-3H3;. The van der Waals surface area contributed by atoms with Crippen molar-refractivity contribution in [3.8, 4) is 23.3 Å². The molecule has 0 aliphatic rings. The number of fused-ring (bicyclic) bond motifs is 1. The fraction of sp³-hybridized carbons (Fsp3) is 0.200. The van der Waals surface area contributed by atoms with Crippen LogP contribution in [0.25, 0.3) is 10.9 Å². The summed E-state index contributed by atoms with van der Waals surface area (Å²) in [5, 5.41) is 1.05. The Labute approximate surface area is 177 Å². The normalized spacial score (nSPS) is 9.72. The number of hydrogen-bond acceptors (Lipinski definition) is 4. The monoisotopic (exact) mass is 358 g/mol. The number of methoxy groups -OCH3 is 2. The zero-order valence-electron chi connectivity index (χ0n) is 14.3. The van der Waals surface area contributed by atoms with Gasteiger partial charge in [-0.2, -0.15) is 0 Å². The van der Waals surface area contributed by atoms with E-state index in [1.165, 1.54) is 0 Å².